The second-order valence-corrected chi connectivity index (χ2v) is 6.14. The van der Waals surface area contributed by atoms with Crippen LogP contribution < -0.4 is 10.6 Å². The second-order valence-electron chi connectivity index (χ2n) is 4.99. The summed E-state index contributed by atoms with van der Waals surface area (Å²) in [4.78, 5) is 4.31. The Balaban J connectivity index is 0.00000200. The topological polar surface area (TPSA) is 45.7 Å². The summed E-state index contributed by atoms with van der Waals surface area (Å²) in [5, 5.41) is 6.93. The number of nitrogens with one attached hydrogen (secondary N) is 2. The third-order valence-electron chi connectivity index (χ3n) is 3.52. The van der Waals surface area contributed by atoms with Crippen molar-refractivity contribution in [1.29, 1.82) is 0 Å². The van der Waals surface area contributed by atoms with E-state index in [4.69, 9.17) is 4.74 Å². The zero-order valence-electron chi connectivity index (χ0n) is 12.2. The van der Waals surface area contributed by atoms with E-state index in [1.807, 2.05) is 18.8 Å². The van der Waals surface area contributed by atoms with Gasteiger partial charge in [0.25, 0.3) is 0 Å². The van der Waals surface area contributed by atoms with E-state index in [9.17, 15) is 0 Å². The van der Waals surface area contributed by atoms with Crippen molar-refractivity contribution in [2.24, 2.45) is 4.99 Å². The van der Waals surface area contributed by atoms with Gasteiger partial charge in [-0.1, -0.05) is 11.6 Å². The van der Waals surface area contributed by atoms with Crippen molar-refractivity contribution in [2.45, 2.75) is 31.7 Å². The molecule has 1 atom stereocenters. The van der Waals surface area contributed by atoms with Crippen LogP contribution in [0.4, 0.5) is 0 Å². The molecule has 0 aromatic rings. The van der Waals surface area contributed by atoms with E-state index in [2.05, 4.69) is 21.7 Å². The minimum atomic E-state index is 0. The van der Waals surface area contributed by atoms with Gasteiger partial charge in [0.15, 0.2) is 5.96 Å². The maximum atomic E-state index is 5.31. The molecule has 2 N–H and O–H groups in total. The molecule has 0 saturated carbocycles. The molecule has 6 heteroatoms. The van der Waals surface area contributed by atoms with Gasteiger partial charge in [0.05, 0.1) is 13.2 Å². The quantitative estimate of drug-likeness (QED) is 0.323. The minimum Gasteiger partial charge on any atom is -0.377 e. The standard InChI is InChI=1S/C14H25N3OS.HI/c1-15-14(17-13-3-2-10-19-11-13)16-7-4-12-5-8-18-9-6-12;/h5,13H,2-4,6-11H2,1H3,(H2,15,16,17);1H. The molecular formula is C14H26IN3OS. The van der Waals surface area contributed by atoms with Gasteiger partial charge in [0.2, 0.25) is 0 Å². The van der Waals surface area contributed by atoms with E-state index in [1.54, 1.807) is 0 Å². The summed E-state index contributed by atoms with van der Waals surface area (Å²) >= 11 is 2.03. The summed E-state index contributed by atoms with van der Waals surface area (Å²) in [6, 6.07) is 0.576. The predicted molar refractivity (Wildman–Crippen MR) is 98.4 cm³/mol. The monoisotopic (exact) mass is 411 g/mol. The molecule has 2 aliphatic rings. The van der Waals surface area contributed by atoms with Crippen molar-refractivity contribution < 1.29 is 4.74 Å². The molecule has 0 radical (unpaired) electrons. The van der Waals surface area contributed by atoms with Crippen molar-refractivity contribution in [2.75, 3.05) is 38.3 Å². The Bertz CT molecular complexity index is 330. The molecular weight excluding hydrogens is 385 g/mol. The molecule has 0 aliphatic carbocycles. The zero-order valence-corrected chi connectivity index (χ0v) is 15.3. The molecule has 0 bridgehead atoms. The lowest BCUT2D eigenvalue weighted by molar-refractivity contribution is 0.153. The number of ether oxygens (including phenoxy) is 1. The molecule has 1 fully saturated rings. The SMILES string of the molecule is CN=C(NCCC1=CCOCC1)NC1CCCSC1.I. The number of thioether (sulfide) groups is 1. The Morgan fingerprint density at radius 1 is 1.55 bits per heavy atom. The van der Waals surface area contributed by atoms with Crippen molar-refractivity contribution in [3.05, 3.63) is 11.6 Å². The fourth-order valence-corrected chi connectivity index (χ4v) is 3.45. The minimum absolute atomic E-state index is 0. The van der Waals surface area contributed by atoms with Crippen LogP contribution >= 0.6 is 35.7 Å². The summed E-state index contributed by atoms with van der Waals surface area (Å²) in [5.74, 6) is 3.45. The smallest absolute Gasteiger partial charge is 0.191 e. The van der Waals surface area contributed by atoms with E-state index < -0.39 is 0 Å². The molecule has 4 nitrogen and oxygen atoms in total. The Morgan fingerprint density at radius 2 is 2.45 bits per heavy atom. The molecule has 1 saturated heterocycles. The lowest BCUT2D eigenvalue weighted by atomic mass is 10.1. The van der Waals surface area contributed by atoms with Gasteiger partial charge in [-0.25, -0.2) is 0 Å². The number of nitrogens with zero attached hydrogens (tertiary/aromatic N) is 1. The van der Waals surface area contributed by atoms with Gasteiger partial charge < -0.3 is 15.4 Å². The van der Waals surface area contributed by atoms with E-state index in [0.29, 0.717) is 6.04 Å². The molecule has 1 unspecified atom stereocenters. The van der Waals surface area contributed by atoms with E-state index >= 15 is 0 Å². The number of aliphatic imine (C=N–C) groups is 1. The van der Waals surface area contributed by atoms with Crippen LogP contribution in [0.1, 0.15) is 25.7 Å². The van der Waals surface area contributed by atoms with Gasteiger partial charge in [0, 0.05) is 25.4 Å². The molecule has 2 aliphatic heterocycles. The third-order valence-corrected chi connectivity index (χ3v) is 4.74. The van der Waals surface area contributed by atoms with Crippen LogP contribution in [-0.2, 0) is 4.74 Å². The van der Waals surface area contributed by atoms with Crippen LogP contribution in [0.2, 0.25) is 0 Å². The Hall–Kier alpha value is 0.0500. The van der Waals surface area contributed by atoms with Crippen molar-refractivity contribution in [3.8, 4) is 0 Å². The Labute approximate surface area is 143 Å². The Morgan fingerprint density at radius 3 is 3.10 bits per heavy atom. The van der Waals surface area contributed by atoms with Gasteiger partial charge in [-0.3, -0.25) is 4.99 Å². The first kappa shape index (κ1) is 18.1. The van der Waals surface area contributed by atoms with Crippen LogP contribution in [0.15, 0.2) is 16.6 Å². The summed E-state index contributed by atoms with van der Waals surface area (Å²) in [7, 11) is 1.85. The Kier molecular flexibility index (Phi) is 9.71. The summed E-state index contributed by atoms with van der Waals surface area (Å²) in [6.45, 7) is 2.60. The highest BCUT2D eigenvalue weighted by Crippen LogP contribution is 2.16. The summed E-state index contributed by atoms with van der Waals surface area (Å²) in [5.41, 5.74) is 1.50. The number of rotatable bonds is 4. The lowest BCUT2D eigenvalue weighted by Crippen LogP contribution is -2.45. The summed E-state index contributed by atoms with van der Waals surface area (Å²) < 4.78 is 5.31. The normalized spacial score (nSPS) is 23.6. The molecule has 0 aromatic carbocycles. The third kappa shape index (κ3) is 6.67. The van der Waals surface area contributed by atoms with Crippen LogP contribution in [0.25, 0.3) is 0 Å². The fraction of sp³-hybridized carbons (Fsp3) is 0.786. The van der Waals surface area contributed by atoms with E-state index in [1.165, 1.54) is 29.9 Å². The van der Waals surface area contributed by atoms with Gasteiger partial charge in [0.1, 0.15) is 0 Å². The van der Waals surface area contributed by atoms with Crippen molar-refractivity contribution in [3.63, 3.8) is 0 Å². The largest absolute Gasteiger partial charge is 0.377 e. The molecule has 2 rings (SSSR count). The van der Waals surface area contributed by atoms with Gasteiger partial charge >= 0.3 is 0 Å². The average Bonchev–Trinajstić information content (AvgIpc) is 2.48. The molecule has 2 heterocycles. The molecule has 0 spiro atoms. The average molecular weight is 411 g/mol. The maximum absolute atomic E-state index is 5.31. The van der Waals surface area contributed by atoms with Crippen LogP contribution in [0, 0.1) is 0 Å². The van der Waals surface area contributed by atoms with Gasteiger partial charge in [-0.15, -0.1) is 24.0 Å². The zero-order chi connectivity index (χ0) is 13.3. The van der Waals surface area contributed by atoms with E-state index in [0.717, 1.165) is 38.6 Å². The first-order valence-electron chi connectivity index (χ1n) is 7.19. The summed E-state index contributed by atoms with van der Waals surface area (Å²) in [6.07, 6.45) is 6.94. The van der Waals surface area contributed by atoms with Crippen LogP contribution in [-0.4, -0.2) is 50.3 Å². The van der Waals surface area contributed by atoms with Crippen LogP contribution in [0.3, 0.4) is 0 Å². The molecule has 0 aromatic heterocycles. The lowest BCUT2D eigenvalue weighted by Gasteiger charge is -2.24. The van der Waals surface area contributed by atoms with Gasteiger partial charge in [-0.2, -0.15) is 11.8 Å². The highest BCUT2D eigenvalue weighted by atomic mass is 127. The molecule has 20 heavy (non-hydrogen) atoms. The maximum Gasteiger partial charge on any atom is 0.191 e. The number of guanidine groups is 1. The number of hydrogen-bond acceptors (Lipinski definition) is 3. The number of hydrogen-bond donors (Lipinski definition) is 2. The second kappa shape index (κ2) is 10.7. The number of halogens is 1. The van der Waals surface area contributed by atoms with Crippen molar-refractivity contribution >= 4 is 41.7 Å². The molecule has 0 amide bonds. The van der Waals surface area contributed by atoms with Crippen molar-refractivity contribution in [1.82, 2.24) is 10.6 Å². The first-order chi connectivity index (χ1) is 9.38. The van der Waals surface area contributed by atoms with Crippen LogP contribution in [0.5, 0.6) is 0 Å². The van der Waals surface area contributed by atoms with Gasteiger partial charge in [-0.05, 0) is 31.4 Å². The predicted octanol–water partition coefficient (Wildman–Crippen LogP) is 2.40. The van der Waals surface area contributed by atoms with E-state index in [-0.39, 0.29) is 24.0 Å². The highest BCUT2D eigenvalue weighted by Gasteiger charge is 2.14. The highest BCUT2D eigenvalue weighted by molar-refractivity contribution is 14.0. The first-order valence-corrected chi connectivity index (χ1v) is 8.34. The molecule has 116 valence electrons. The fourth-order valence-electron chi connectivity index (χ4n) is 2.38.